The highest BCUT2D eigenvalue weighted by Crippen LogP contribution is 2.01. The van der Waals surface area contributed by atoms with Gasteiger partial charge in [0.25, 0.3) is 0 Å². The second-order valence-corrected chi connectivity index (χ2v) is 2.70. The van der Waals surface area contributed by atoms with Crippen molar-refractivity contribution in [1.82, 2.24) is 0 Å². The molecule has 0 amide bonds. The average molecular weight is 209 g/mol. The number of esters is 1. The Morgan fingerprint density at radius 1 is 1.20 bits per heavy atom. The maximum Gasteiger partial charge on any atom is 0.516 e. The minimum atomic E-state index is -1.03. The van der Waals surface area contributed by atoms with E-state index in [4.69, 9.17) is 5.73 Å². The van der Waals surface area contributed by atoms with Gasteiger partial charge in [-0.2, -0.15) is 0 Å². The lowest BCUT2D eigenvalue weighted by Gasteiger charge is -2.03. The summed E-state index contributed by atoms with van der Waals surface area (Å²) in [4.78, 5) is 21.5. The summed E-state index contributed by atoms with van der Waals surface area (Å²) >= 11 is 0. The Labute approximate surface area is 86.8 Å². The minimum absolute atomic E-state index is 0.0670. The van der Waals surface area contributed by atoms with Gasteiger partial charge in [-0.25, -0.2) is 4.79 Å². The van der Waals surface area contributed by atoms with E-state index in [0.717, 1.165) is 5.56 Å². The Kier molecular flexibility index (Phi) is 4.30. The molecule has 1 aromatic rings. The first-order valence-electron chi connectivity index (χ1n) is 4.34. The van der Waals surface area contributed by atoms with Crippen LogP contribution in [0.15, 0.2) is 30.3 Å². The van der Waals surface area contributed by atoms with Crippen LogP contribution in [0.1, 0.15) is 5.56 Å². The van der Waals surface area contributed by atoms with Crippen LogP contribution in [0.2, 0.25) is 0 Å². The number of benzene rings is 1. The van der Waals surface area contributed by atoms with E-state index in [-0.39, 0.29) is 13.2 Å². The molecule has 5 heteroatoms. The molecule has 0 saturated heterocycles. The number of nitrogens with two attached hydrogens (primary N) is 1. The summed E-state index contributed by atoms with van der Waals surface area (Å²) < 4.78 is 8.86. The van der Waals surface area contributed by atoms with Gasteiger partial charge in [0.1, 0.15) is 6.61 Å². The fourth-order valence-electron chi connectivity index (χ4n) is 0.881. The van der Waals surface area contributed by atoms with Crippen LogP contribution in [0.5, 0.6) is 0 Å². The van der Waals surface area contributed by atoms with Crippen molar-refractivity contribution < 1.29 is 19.1 Å². The van der Waals surface area contributed by atoms with Gasteiger partial charge in [-0.05, 0) is 5.56 Å². The molecule has 0 fully saturated rings. The SMILES string of the molecule is NCC(=O)OC(=O)OCc1ccccc1. The standard InChI is InChI=1S/C10H11NO4/c11-6-9(12)15-10(13)14-7-8-4-2-1-3-5-8/h1-5H,6-7,11H2. The molecule has 5 nitrogen and oxygen atoms in total. The lowest BCUT2D eigenvalue weighted by molar-refractivity contribution is -0.138. The van der Waals surface area contributed by atoms with Crippen molar-refractivity contribution >= 4 is 12.1 Å². The van der Waals surface area contributed by atoms with Crippen molar-refractivity contribution in [3.63, 3.8) is 0 Å². The average Bonchev–Trinajstić information content (AvgIpc) is 2.27. The Hall–Kier alpha value is -1.88. The summed E-state index contributed by atoms with van der Waals surface area (Å²) in [5.74, 6) is -0.812. The van der Waals surface area contributed by atoms with Gasteiger partial charge in [0.2, 0.25) is 0 Å². The Balaban J connectivity index is 2.32. The molecular weight excluding hydrogens is 198 g/mol. The number of rotatable bonds is 3. The summed E-state index contributed by atoms with van der Waals surface area (Å²) in [6.45, 7) is -0.280. The molecule has 15 heavy (non-hydrogen) atoms. The van der Waals surface area contributed by atoms with Gasteiger partial charge < -0.3 is 15.2 Å². The zero-order chi connectivity index (χ0) is 11.1. The predicted octanol–water partition coefficient (Wildman–Crippen LogP) is 0.825. The highest BCUT2D eigenvalue weighted by atomic mass is 16.7. The van der Waals surface area contributed by atoms with E-state index in [0.29, 0.717) is 0 Å². The molecule has 0 radical (unpaired) electrons. The van der Waals surface area contributed by atoms with Crippen molar-refractivity contribution in [1.29, 1.82) is 0 Å². The third-order valence-corrected chi connectivity index (χ3v) is 1.56. The smallest absolute Gasteiger partial charge is 0.429 e. The molecule has 0 spiro atoms. The van der Waals surface area contributed by atoms with Crippen LogP contribution in [0, 0.1) is 0 Å². The summed E-state index contributed by atoms with van der Waals surface area (Å²) in [5.41, 5.74) is 5.76. The van der Waals surface area contributed by atoms with Gasteiger partial charge in [-0.3, -0.25) is 4.79 Å². The first-order valence-corrected chi connectivity index (χ1v) is 4.34. The molecule has 80 valence electrons. The van der Waals surface area contributed by atoms with Crippen molar-refractivity contribution in [3.05, 3.63) is 35.9 Å². The van der Waals surface area contributed by atoms with E-state index < -0.39 is 12.1 Å². The van der Waals surface area contributed by atoms with Crippen LogP contribution in [-0.2, 0) is 20.9 Å². The number of carbonyl (C=O) groups is 2. The summed E-state index contributed by atoms with van der Waals surface area (Å²) in [7, 11) is 0. The number of hydrogen-bond donors (Lipinski definition) is 1. The van der Waals surface area contributed by atoms with Gasteiger partial charge >= 0.3 is 12.1 Å². The van der Waals surface area contributed by atoms with Crippen LogP contribution < -0.4 is 5.73 Å². The van der Waals surface area contributed by atoms with E-state index in [2.05, 4.69) is 9.47 Å². The van der Waals surface area contributed by atoms with Crippen LogP contribution in [0.25, 0.3) is 0 Å². The molecule has 0 aliphatic carbocycles. The Bertz CT molecular complexity index is 337. The van der Waals surface area contributed by atoms with E-state index in [1.165, 1.54) is 0 Å². The zero-order valence-electron chi connectivity index (χ0n) is 8.01. The lowest BCUT2D eigenvalue weighted by atomic mass is 10.2. The second kappa shape index (κ2) is 5.77. The van der Waals surface area contributed by atoms with Crippen LogP contribution in [0.4, 0.5) is 4.79 Å². The van der Waals surface area contributed by atoms with E-state index >= 15 is 0 Å². The second-order valence-electron chi connectivity index (χ2n) is 2.70. The highest BCUT2D eigenvalue weighted by molar-refractivity contribution is 5.82. The molecule has 0 aliphatic heterocycles. The Morgan fingerprint density at radius 2 is 1.87 bits per heavy atom. The first-order chi connectivity index (χ1) is 7.22. The molecule has 1 aromatic carbocycles. The fourth-order valence-corrected chi connectivity index (χ4v) is 0.881. The van der Waals surface area contributed by atoms with Crippen LogP contribution in [-0.4, -0.2) is 18.7 Å². The van der Waals surface area contributed by atoms with Gasteiger partial charge in [0.05, 0.1) is 6.54 Å². The van der Waals surface area contributed by atoms with Crippen molar-refractivity contribution in [3.8, 4) is 0 Å². The van der Waals surface area contributed by atoms with E-state index in [1.807, 2.05) is 18.2 Å². The lowest BCUT2D eigenvalue weighted by Crippen LogP contribution is -2.21. The third-order valence-electron chi connectivity index (χ3n) is 1.56. The van der Waals surface area contributed by atoms with Gasteiger partial charge in [0, 0.05) is 0 Å². The molecule has 0 unspecified atom stereocenters. The topological polar surface area (TPSA) is 78.6 Å². The van der Waals surface area contributed by atoms with Crippen molar-refractivity contribution in [2.45, 2.75) is 6.61 Å². The molecule has 0 bridgehead atoms. The fraction of sp³-hybridized carbons (Fsp3) is 0.200. The zero-order valence-corrected chi connectivity index (χ0v) is 8.01. The molecule has 0 saturated carbocycles. The summed E-state index contributed by atoms with van der Waals surface area (Å²) in [6.07, 6.45) is -1.03. The maximum atomic E-state index is 10.9. The molecule has 0 aromatic heterocycles. The third kappa shape index (κ3) is 4.24. The Morgan fingerprint density at radius 3 is 2.47 bits per heavy atom. The van der Waals surface area contributed by atoms with Gasteiger partial charge in [0.15, 0.2) is 0 Å². The number of hydrogen-bond acceptors (Lipinski definition) is 5. The molecule has 2 N–H and O–H groups in total. The quantitative estimate of drug-likeness (QED) is 0.589. The van der Waals surface area contributed by atoms with Crippen molar-refractivity contribution in [2.24, 2.45) is 5.73 Å². The first kappa shape index (κ1) is 11.2. The molecule has 0 aliphatic rings. The summed E-state index contributed by atoms with van der Waals surface area (Å²) in [6, 6.07) is 9.06. The normalized spacial score (nSPS) is 9.40. The maximum absolute atomic E-state index is 10.9. The van der Waals surface area contributed by atoms with Gasteiger partial charge in [-0.15, -0.1) is 0 Å². The largest absolute Gasteiger partial charge is 0.516 e. The highest BCUT2D eigenvalue weighted by Gasteiger charge is 2.09. The number of carbonyl (C=O) groups excluding carboxylic acids is 2. The van der Waals surface area contributed by atoms with Crippen LogP contribution >= 0.6 is 0 Å². The molecular formula is C10H11NO4. The number of ether oxygens (including phenoxy) is 2. The summed E-state index contributed by atoms with van der Waals surface area (Å²) in [5, 5.41) is 0. The predicted molar refractivity (Wildman–Crippen MR) is 51.8 cm³/mol. The molecule has 0 heterocycles. The van der Waals surface area contributed by atoms with E-state index in [9.17, 15) is 9.59 Å². The van der Waals surface area contributed by atoms with Gasteiger partial charge in [-0.1, -0.05) is 30.3 Å². The minimum Gasteiger partial charge on any atom is -0.429 e. The van der Waals surface area contributed by atoms with Crippen LogP contribution in [0.3, 0.4) is 0 Å². The molecule has 0 atom stereocenters. The van der Waals surface area contributed by atoms with Crippen molar-refractivity contribution in [2.75, 3.05) is 6.54 Å². The van der Waals surface area contributed by atoms with E-state index in [1.54, 1.807) is 12.1 Å². The monoisotopic (exact) mass is 209 g/mol. The molecule has 1 rings (SSSR count).